The summed E-state index contributed by atoms with van der Waals surface area (Å²) in [5, 5.41) is 0. The molecule has 1 aromatic rings. The third-order valence-electron chi connectivity index (χ3n) is 0.885. The Morgan fingerprint density at radius 3 is 2.56 bits per heavy atom. The van der Waals surface area contributed by atoms with Crippen LogP contribution in [-0.4, -0.2) is 0 Å². The first kappa shape index (κ1) is 6.55. The largest absolute Gasteiger partial charge is 0.207 e. The van der Waals surface area contributed by atoms with Crippen LogP contribution in [0.3, 0.4) is 0 Å². The van der Waals surface area contributed by atoms with E-state index in [2.05, 4.69) is 0 Å². The molecule has 0 radical (unpaired) electrons. The fourth-order valence-electron chi connectivity index (χ4n) is 0.515. The zero-order chi connectivity index (χ0) is 6.69. The molecule has 0 aliphatic heterocycles. The highest BCUT2D eigenvalue weighted by atomic mass is 32.2. The van der Waals surface area contributed by atoms with Gasteiger partial charge >= 0.3 is 0 Å². The van der Waals surface area contributed by atoms with E-state index in [1.54, 1.807) is 0 Å². The summed E-state index contributed by atoms with van der Waals surface area (Å²) in [4.78, 5) is 0.301. The molecule has 0 aliphatic carbocycles. The van der Waals surface area contributed by atoms with Crippen molar-refractivity contribution < 1.29 is 8.28 Å². The molecule has 1 aromatic carbocycles. The lowest BCUT2D eigenvalue weighted by Gasteiger charge is -1.89. The standard InChI is InChI=1S/C6H4F2S/c7-5-2-1-3-6(4-5)9-8/h1-4H. The predicted octanol–water partition coefficient (Wildman–Crippen LogP) is 2.80. The second-order valence-corrected chi connectivity index (χ2v) is 2.16. The first-order chi connectivity index (χ1) is 4.33. The van der Waals surface area contributed by atoms with E-state index in [0.29, 0.717) is 4.90 Å². The highest BCUT2D eigenvalue weighted by Gasteiger charge is 1.92. The van der Waals surface area contributed by atoms with Gasteiger partial charge < -0.3 is 0 Å². The summed E-state index contributed by atoms with van der Waals surface area (Å²) < 4.78 is 23.8. The Bertz CT molecular complexity index is 200. The van der Waals surface area contributed by atoms with Crippen LogP contribution in [-0.2, 0) is 0 Å². The second-order valence-electron chi connectivity index (χ2n) is 1.53. The number of rotatable bonds is 1. The molecular formula is C6H4F2S. The Kier molecular flexibility index (Phi) is 2.05. The Morgan fingerprint density at radius 2 is 2.11 bits per heavy atom. The lowest BCUT2D eigenvalue weighted by Crippen LogP contribution is -1.70. The first-order valence-electron chi connectivity index (χ1n) is 2.37. The molecule has 0 amide bonds. The fraction of sp³-hybridized carbons (Fsp3) is 0. The Labute approximate surface area is 56.2 Å². The molecule has 48 valence electrons. The minimum absolute atomic E-state index is 0.0430. The number of halogens is 2. The summed E-state index contributed by atoms with van der Waals surface area (Å²) >= 11 is 0.0430. The van der Waals surface area contributed by atoms with Gasteiger partial charge in [-0.05, 0) is 18.2 Å². The Hall–Kier alpha value is -0.570. The van der Waals surface area contributed by atoms with Gasteiger partial charge in [0, 0.05) is 4.90 Å². The van der Waals surface area contributed by atoms with E-state index in [0.717, 1.165) is 6.07 Å². The van der Waals surface area contributed by atoms with Crippen molar-refractivity contribution in [3.05, 3.63) is 30.1 Å². The van der Waals surface area contributed by atoms with Crippen LogP contribution in [0.4, 0.5) is 8.28 Å². The number of benzene rings is 1. The van der Waals surface area contributed by atoms with Crippen LogP contribution in [0.15, 0.2) is 29.2 Å². The van der Waals surface area contributed by atoms with E-state index < -0.39 is 5.82 Å². The molecule has 0 aliphatic rings. The van der Waals surface area contributed by atoms with Gasteiger partial charge in [0.25, 0.3) is 0 Å². The van der Waals surface area contributed by atoms with Crippen molar-refractivity contribution in [1.29, 1.82) is 0 Å². The summed E-state index contributed by atoms with van der Waals surface area (Å²) in [6.07, 6.45) is 0. The van der Waals surface area contributed by atoms with Crippen molar-refractivity contribution >= 4 is 12.1 Å². The highest BCUT2D eigenvalue weighted by molar-refractivity contribution is 7.94. The maximum atomic E-state index is 12.2. The van der Waals surface area contributed by atoms with E-state index in [9.17, 15) is 8.28 Å². The monoisotopic (exact) mass is 146 g/mol. The van der Waals surface area contributed by atoms with Crippen molar-refractivity contribution in [3.8, 4) is 0 Å². The average Bonchev–Trinajstić information content (AvgIpc) is 1.88. The van der Waals surface area contributed by atoms with E-state index in [-0.39, 0.29) is 12.1 Å². The van der Waals surface area contributed by atoms with E-state index in [4.69, 9.17) is 0 Å². The van der Waals surface area contributed by atoms with Crippen LogP contribution in [0.25, 0.3) is 0 Å². The van der Waals surface area contributed by atoms with Crippen molar-refractivity contribution in [2.75, 3.05) is 0 Å². The third kappa shape index (κ3) is 1.68. The van der Waals surface area contributed by atoms with Gasteiger partial charge in [0.1, 0.15) is 5.82 Å². The van der Waals surface area contributed by atoms with Crippen LogP contribution in [0.1, 0.15) is 0 Å². The van der Waals surface area contributed by atoms with Crippen molar-refractivity contribution in [1.82, 2.24) is 0 Å². The molecule has 0 unspecified atom stereocenters. The zero-order valence-electron chi connectivity index (χ0n) is 4.47. The van der Waals surface area contributed by atoms with Gasteiger partial charge in [0.05, 0.1) is 12.1 Å². The summed E-state index contributed by atoms with van der Waals surface area (Å²) in [7, 11) is 0. The summed E-state index contributed by atoms with van der Waals surface area (Å²) in [5.41, 5.74) is 0. The molecule has 0 saturated carbocycles. The molecular weight excluding hydrogens is 142 g/mol. The van der Waals surface area contributed by atoms with Crippen LogP contribution < -0.4 is 0 Å². The maximum Gasteiger partial charge on any atom is 0.124 e. The molecule has 0 spiro atoms. The zero-order valence-corrected chi connectivity index (χ0v) is 5.29. The number of hydrogen-bond acceptors (Lipinski definition) is 1. The van der Waals surface area contributed by atoms with Gasteiger partial charge in [0.15, 0.2) is 0 Å². The molecule has 0 aromatic heterocycles. The normalized spacial score (nSPS) is 9.56. The topological polar surface area (TPSA) is 0 Å². The maximum absolute atomic E-state index is 12.2. The van der Waals surface area contributed by atoms with E-state index >= 15 is 0 Å². The summed E-state index contributed by atoms with van der Waals surface area (Å²) in [6.45, 7) is 0. The van der Waals surface area contributed by atoms with Crippen LogP contribution in [0, 0.1) is 5.82 Å². The van der Waals surface area contributed by atoms with Gasteiger partial charge in [-0.3, -0.25) is 0 Å². The molecule has 0 bridgehead atoms. The van der Waals surface area contributed by atoms with E-state index in [1.165, 1.54) is 18.2 Å². The third-order valence-corrected chi connectivity index (χ3v) is 1.32. The van der Waals surface area contributed by atoms with Crippen LogP contribution >= 0.6 is 12.1 Å². The minimum atomic E-state index is -0.405. The smallest absolute Gasteiger partial charge is 0.124 e. The summed E-state index contributed by atoms with van der Waals surface area (Å²) in [5.74, 6) is -0.405. The van der Waals surface area contributed by atoms with Gasteiger partial charge in [-0.15, -0.1) is 0 Å². The van der Waals surface area contributed by atoms with Gasteiger partial charge in [0.2, 0.25) is 0 Å². The molecule has 0 heterocycles. The predicted molar refractivity (Wildman–Crippen MR) is 33.4 cm³/mol. The molecule has 0 N–H and O–H groups in total. The SMILES string of the molecule is FSc1cccc(F)c1. The van der Waals surface area contributed by atoms with Crippen LogP contribution in [0.2, 0.25) is 0 Å². The molecule has 0 nitrogen and oxygen atoms in total. The van der Waals surface area contributed by atoms with Gasteiger partial charge in [-0.25, -0.2) is 4.39 Å². The van der Waals surface area contributed by atoms with Gasteiger partial charge in [-0.1, -0.05) is 6.07 Å². The lowest BCUT2D eigenvalue weighted by atomic mass is 10.4. The van der Waals surface area contributed by atoms with E-state index in [1.807, 2.05) is 0 Å². The molecule has 1 rings (SSSR count). The fourth-order valence-corrected chi connectivity index (χ4v) is 0.802. The highest BCUT2D eigenvalue weighted by Crippen LogP contribution is 2.18. The molecule has 0 saturated heterocycles. The van der Waals surface area contributed by atoms with Crippen molar-refractivity contribution in [2.45, 2.75) is 4.90 Å². The molecule has 0 atom stereocenters. The summed E-state index contributed by atoms with van der Waals surface area (Å²) in [6, 6.07) is 5.40. The second kappa shape index (κ2) is 2.82. The molecule has 9 heavy (non-hydrogen) atoms. The first-order valence-corrected chi connectivity index (χ1v) is 3.09. The molecule has 0 fully saturated rings. The van der Waals surface area contributed by atoms with Gasteiger partial charge in [-0.2, -0.15) is 3.89 Å². The Balaban J connectivity index is 2.94. The van der Waals surface area contributed by atoms with Crippen molar-refractivity contribution in [2.24, 2.45) is 0 Å². The lowest BCUT2D eigenvalue weighted by molar-refractivity contribution is 0.624. The van der Waals surface area contributed by atoms with Crippen LogP contribution in [0.5, 0.6) is 0 Å². The average molecular weight is 146 g/mol. The number of hydrogen-bond donors (Lipinski definition) is 0. The van der Waals surface area contributed by atoms with Crippen molar-refractivity contribution in [3.63, 3.8) is 0 Å². The minimum Gasteiger partial charge on any atom is -0.207 e. The quantitative estimate of drug-likeness (QED) is 0.587. The Morgan fingerprint density at radius 1 is 1.33 bits per heavy atom. The molecule has 3 heteroatoms.